The maximum atomic E-state index is 12.8. The van der Waals surface area contributed by atoms with Crippen molar-refractivity contribution in [3.63, 3.8) is 0 Å². The normalized spacial score (nSPS) is 15.7. The Hall–Kier alpha value is -3.47. The first kappa shape index (κ1) is 17.9. The fourth-order valence-electron chi connectivity index (χ4n) is 3.68. The lowest BCUT2D eigenvalue weighted by atomic mass is 9.80. The Morgan fingerprint density at radius 1 is 1.11 bits per heavy atom. The first-order chi connectivity index (χ1) is 13.6. The number of nitrogens with two attached hydrogens (primary N) is 1. The van der Waals surface area contributed by atoms with E-state index in [0.717, 1.165) is 27.6 Å². The number of fused-ring (bicyclic) bond motifs is 3. The maximum Gasteiger partial charge on any atom is 0.340 e. The van der Waals surface area contributed by atoms with Crippen LogP contribution >= 0.6 is 0 Å². The number of methoxy groups -OCH3 is 1. The Kier molecular flexibility index (Phi) is 4.65. The molecule has 1 heterocycles. The summed E-state index contributed by atoms with van der Waals surface area (Å²) in [5.74, 6) is 0.550. The number of esters is 1. The molecule has 0 aromatic heterocycles. The lowest BCUT2D eigenvalue weighted by Crippen LogP contribution is -2.27. The maximum absolute atomic E-state index is 12.8. The zero-order valence-corrected chi connectivity index (χ0v) is 15.8. The molecule has 1 atom stereocenters. The number of hydrogen-bond acceptors (Lipinski definition) is 5. The fraction of sp³-hybridized carbons (Fsp3) is 0.174. The minimum Gasteiger partial charge on any atom is -0.497 e. The fourth-order valence-corrected chi connectivity index (χ4v) is 3.68. The number of ether oxygens (including phenoxy) is 3. The van der Waals surface area contributed by atoms with E-state index < -0.39 is 11.9 Å². The van der Waals surface area contributed by atoms with E-state index in [2.05, 4.69) is 0 Å². The minimum atomic E-state index is -0.473. The van der Waals surface area contributed by atoms with E-state index in [0.29, 0.717) is 11.3 Å². The number of benzene rings is 3. The monoisotopic (exact) mass is 375 g/mol. The standard InChI is InChI=1S/C23H21NO4/c1-3-27-23(25)21-19(15-7-5-4-6-8-15)20-17-13-16(26-2)11-9-14(17)10-12-18(20)28-22(21)24/h4-13,19H,3,24H2,1-2H3. The van der Waals surface area contributed by atoms with Crippen LogP contribution in [0.1, 0.15) is 24.0 Å². The molecular formula is C23H21NO4. The third-order valence-electron chi connectivity index (χ3n) is 4.92. The molecular weight excluding hydrogens is 354 g/mol. The predicted octanol–water partition coefficient (Wildman–Crippen LogP) is 4.11. The Labute approximate surface area is 163 Å². The van der Waals surface area contributed by atoms with E-state index in [1.54, 1.807) is 14.0 Å². The topological polar surface area (TPSA) is 70.8 Å². The number of carbonyl (C=O) groups excluding carboxylic acids is 1. The highest BCUT2D eigenvalue weighted by atomic mass is 16.5. The molecule has 1 aliphatic heterocycles. The lowest BCUT2D eigenvalue weighted by molar-refractivity contribution is -0.139. The second-order valence-electron chi connectivity index (χ2n) is 6.51. The Bertz CT molecular complexity index is 1070. The summed E-state index contributed by atoms with van der Waals surface area (Å²) in [6.45, 7) is 2.03. The number of rotatable bonds is 4. The van der Waals surface area contributed by atoms with Crippen LogP contribution in [0, 0.1) is 0 Å². The summed E-state index contributed by atoms with van der Waals surface area (Å²) >= 11 is 0. The summed E-state index contributed by atoms with van der Waals surface area (Å²) in [7, 11) is 1.63. The molecule has 1 unspecified atom stereocenters. The van der Waals surface area contributed by atoms with Gasteiger partial charge in [0.25, 0.3) is 0 Å². The molecule has 2 N–H and O–H groups in total. The van der Waals surface area contributed by atoms with Gasteiger partial charge < -0.3 is 19.9 Å². The van der Waals surface area contributed by atoms with Crippen LogP contribution in [0.4, 0.5) is 0 Å². The average molecular weight is 375 g/mol. The highest BCUT2D eigenvalue weighted by Crippen LogP contribution is 2.46. The van der Waals surface area contributed by atoms with Gasteiger partial charge >= 0.3 is 5.97 Å². The van der Waals surface area contributed by atoms with Crippen molar-refractivity contribution in [2.24, 2.45) is 5.73 Å². The van der Waals surface area contributed by atoms with Gasteiger partial charge in [0.1, 0.15) is 17.1 Å². The van der Waals surface area contributed by atoms with Crippen molar-refractivity contribution in [3.05, 3.63) is 83.2 Å². The number of carbonyl (C=O) groups is 1. The van der Waals surface area contributed by atoms with Gasteiger partial charge in [0.2, 0.25) is 5.88 Å². The average Bonchev–Trinajstić information content (AvgIpc) is 2.72. The summed E-state index contributed by atoms with van der Waals surface area (Å²) in [6.07, 6.45) is 0. The number of hydrogen-bond donors (Lipinski definition) is 1. The van der Waals surface area contributed by atoms with Gasteiger partial charge in [0, 0.05) is 5.56 Å². The van der Waals surface area contributed by atoms with Crippen LogP contribution in [-0.2, 0) is 9.53 Å². The van der Waals surface area contributed by atoms with E-state index >= 15 is 0 Å². The Morgan fingerprint density at radius 2 is 1.86 bits per heavy atom. The van der Waals surface area contributed by atoms with Crippen molar-refractivity contribution in [1.29, 1.82) is 0 Å². The molecule has 0 aliphatic carbocycles. The smallest absolute Gasteiger partial charge is 0.340 e. The zero-order chi connectivity index (χ0) is 19.7. The molecule has 0 saturated heterocycles. The van der Waals surface area contributed by atoms with Crippen LogP contribution in [0.2, 0.25) is 0 Å². The molecule has 5 heteroatoms. The van der Waals surface area contributed by atoms with Crippen molar-refractivity contribution >= 4 is 16.7 Å². The SMILES string of the molecule is CCOC(=O)C1=C(N)Oc2ccc3ccc(OC)cc3c2C1c1ccccc1. The van der Waals surface area contributed by atoms with E-state index in [1.807, 2.05) is 60.7 Å². The summed E-state index contributed by atoms with van der Waals surface area (Å²) in [5.41, 5.74) is 8.31. The van der Waals surface area contributed by atoms with Crippen LogP contribution in [0.15, 0.2) is 72.1 Å². The van der Waals surface area contributed by atoms with Gasteiger partial charge in [0.15, 0.2) is 0 Å². The Balaban J connectivity index is 2.02. The van der Waals surface area contributed by atoms with E-state index in [4.69, 9.17) is 19.9 Å². The van der Waals surface area contributed by atoms with Crippen LogP contribution in [0.5, 0.6) is 11.5 Å². The molecule has 0 amide bonds. The van der Waals surface area contributed by atoms with E-state index in [1.165, 1.54) is 0 Å². The first-order valence-electron chi connectivity index (χ1n) is 9.14. The van der Waals surface area contributed by atoms with Gasteiger partial charge in [-0.05, 0) is 41.5 Å². The van der Waals surface area contributed by atoms with Crippen molar-refractivity contribution in [3.8, 4) is 11.5 Å². The largest absolute Gasteiger partial charge is 0.497 e. The molecule has 28 heavy (non-hydrogen) atoms. The quantitative estimate of drug-likeness (QED) is 0.695. The molecule has 4 rings (SSSR count). The van der Waals surface area contributed by atoms with Crippen LogP contribution < -0.4 is 15.2 Å². The zero-order valence-electron chi connectivity index (χ0n) is 15.8. The molecule has 1 aliphatic rings. The van der Waals surface area contributed by atoms with Gasteiger partial charge in [-0.2, -0.15) is 0 Å². The summed E-state index contributed by atoms with van der Waals surface area (Å²) in [4.78, 5) is 12.8. The van der Waals surface area contributed by atoms with Crippen LogP contribution in [0.25, 0.3) is 10.8 Å². The lowest BCUT2D eigenvalue weighted by Gasteiger charge is -2.29. The minimum absolute atomic E-state index is 0.0713. The highest BCUT2D eigenvalue weighted by molar-refractivity contribution is 5.97. The first-order valence-corrected chi connectivity index (χ1v) is 9.14. The molecule has 0 bridgehead atoms. The van der Waals surface area contributed by atoms with Gasteiger partial charge in [0.05, 0.1) is 19.6 Å². The van der Waals surface area contributed by atoms with Crippen LogP contribution in [-0.4, -0.2) is 19.7 Å². The molecule has 5 nitrogen and oxygen atoms in total. The van der Waals surface area contributed by atoms with Gasteiger partial charge in [-0.3, -0.25) is 0 Å². The summed E-state index contributed by atoms with van der Waals surface area (Å²) < 4.78 is 16.6. The predicted molar refractivity (Wildman–Crippen MR) is 107 cm³/mol. The third kappa shape index (κ3) is 2.95. The highest BCUT2D eigenvalue weighted by Gasteiger charge is 2.36. The third-order valence-corrected chi connectivity index (χ3v) is 4.92. The van der Waals surface area contributed by atoms with Crippen LogP contribution in [0.3, 0.4) is 0 Å². The van der Waals surface area contributed by atoms with Gasteiger partial charge in [-0.25, -0.2) is 4.79 Å². The molecule has 0 saturated carbocycles. The molecule has 0 radical (unpaired) electrons. The van der Waals surface area contributed by atoms with E-state index in [-0.39, 0.29) is 12.5 Å². The molecule has 142 valence electrons. The van der Waals surface area contributed by atoms with Gasteiger partial charge in [-0.15, -0.1) is 0 Å². The van der Waals surface area contributed by atoms with Crippen molar-refractivity contribution < 1.29 is 19.0 Å². The van der Waals surface area contributed by atoms with Gasteiger partial charge in [-0.1, -0.05) is 42.5 Å². The van der Waals surface area contributed by atoms with Crippen molar-refractivity contribution in [1.82, 2.24) is 0 Å². The molecule has 0 spiro atoms. The Morgan fingerprint density at radius 3 is 2.57 bits per heavy atom. The van der Waals surface area contributed by atoms with Crippen molar-refractivity contribution in [2.75, 3.05) is 13.7 Å². The molecule has 3 aromatic rings. The second-order valence-corrected chi connectivity index (χ2v) is 6.51. The molecule has 3 aromatic carbocycles. The second kappa shape index (κ2) is 7.27. The van der Waals surface area contributed by atoms with Crippen molar-refractivity contribution in [2.45, 2.75) is 12.8 Å². The van der Waals surface area contributed by atoms with E-state index in [9.17, 15) is 4.79 Å². The molecule has 0 fully saturated rings. The summed E-state index contributed by atoms with van der Waals surface area (Å²) in [5, 5.41) is 1.97. The summed E-state index contributed by atoms with van der Waals surface area (Å²) in [6, 6.07) is 19.5.